The van der Waals surface area contributed by atoms with E-state index >= 15 is 0 Å². The third kappa shape index (κ3) is 3.80. The molecule has 0 saturated carbocycles. The maximum atomic E-state index is 12.5. The fourth-order valence-corrected chi connectivity index (χ4v) is 3.34. The highest BCUT2D eigenvalue weighted by Gasteiger charge is 2.18. The summed E-state index contributed by atoms with van der Waals surface area (Å²) in [4.78, 5) is 24.7. The van der Waals surface area contributed by atoms with Crippen molar-refractivity contribution < 1.29 is 13.9 Å². The Morgan fingerprint density at radius 3 is 2.78 bits per heavy atom. The van der Waals surface area contributed by atoms with E-state index in [0.29, 0.717) is 29.8 Å². The molecule has 3 aromatic rings. The number of carbonyl (C=O) groups is 1. The lowest BCUT2D eigenvalue weighted by Crippen LogP contribution is -2.31. The number of rotatable bonds is 5. The van der Waals surface area contributed by atoms with Crippen LogP contribution in [0.4, 0.5) is 0 Å². The van der Waals surface area contributed by atoms with E-state index in [4.69, 9.17) is 9.15 Å². The number of carbonyl (C=O) groups excluding carboxylic acids is 1. The van der Waals surface area contributed by atoms with Crippen LogP contribution in [0.5, 0.6) is 0 Å². The average Bonchev–Trinajstić information content (AvgIpc) is 3.29. The highest BCUT2D eigenvalue weighted by atomic mass is 16.5. The normalized spacial score (nSPS) is 16.7. The molecule has 1 saturated heterocycles. The Morgan fingerprint density at radius 2 is 2.04 bits per heavy atom. The molecule has 1 aromatic heterocycles. The number of benzene rings is 2. The molecule has 1 N–H and O–H groups in total. The van der Waals surface area contributed by atoms with Crippen LogP contribution >= 0.6 is 0 Å². The van der Waals surface area contributed by atoms with E-state index in [1.54, 1.807) is 22.8 Å². The van der Waals surface area contributed by atoms with E-state index in [0.717, 1.165) is 30.6 Å². The van der Waals surface area contributed by atoms with Crippen LogP contribution in [0.2, 0.25) is 0 Å². The van der Waals surface area contributed by atoms with E-state index in [-0.39, 0.29) is 12.0 Å². The van der Waals surface area contributed by atoms with Gasteiger partial charge in [0.15, 0.2) is 5.58 Å². The van der Waals surface area contributed by atoms with Crippen molar-refractivity contribution in [2.75, 3.05) is 13.2 Å². The molecule has 0 radical (unpaired) electrons. The van der Waals surface area contributed by atoms with Gasteiger partial charge in [0.25, 0.3) is 5.91 Å². The standard InChI is InChI=1S/C21H22N2O4/c1-14-4-6-15(7-5-14)13-23-18-11-16(8-9-19(18)27-21(23)25)20(24)22-12-17-3-2-10-26-17/h4-9,11,17H,2-3,10,12-13H2,1H3,(H,22,24)/t17-/m1/s1. The lowest BCUT2D eigenvalue weighted by Gasteiger charge is -2.11. The fourth-order valence-electron chi connectivity index (χ4n) is 3.34. The summed E-state index contributed by atoms with van der Waals surface area (Å²) in [7, 11) is 0. The number of ether oxygens (including phenoxy) is 1. The molecule has 6 nitrogen and oxygen atoms in total. The molecule has 1 amide bonds. The first-order valence-electron chi connectivity index (χ1n) is 9.19. The molecule has 0 aliphatic carbocycles. The molecule has 0 spiro atoms. The second kappa shape index (κ2) is 7.40. The summed E-state index contributed by atoms with van der Waals surface area (Å²) in [6.07, 6.45) is 2.09. The summed E-state index contributed by atoms with van der Waals surface area (Å²) in [5.41, 5.74) is 3.75. The van der Waals surface area contributed by atoms with Gasteiger partial charge in [-0.15, -0.1) is 0 Å². The van der Waals surface area contributed by atoms with Gasteiger partial charge < -0.3 is 14.5 Å². The van der Waals surface area contributed by atoms with Crippen LogP contribution in [-0.2, 0) is 11.3 Å². The van der Waals surface area contributed by atoms with Crippen LogP contribution in [0.1, 0.15) is 34.3 Å². The minimum absolute atomic E-state index is 0.0892. The lowest BCUT2D eigenvalue weighted by atomic mass is 10.1. The van der Waals surface area contributed by atoms with E-state index in [2.05, 4.69) is 5.32 Å². The Hall–Kier alpha value is -2.86. The van der Waals surface area contributed by atoms with E-state index in [9.17, 15) is 9.59 Å². The van der Waals surface area contributed by atoms with Gasteiger partial charge >= 0.3 is 5.76 Å². The van der Waals surface area contributed by atoms with E-state index in [1.165, 1.54) is 0 Å². The topological polar surface area (TPSA) is 73.5 Å². The van der Waals surface area contributed by atoms with Crippen molar-refractivity contribution in [2.24, 2.45) is 0 Å². The number of amides is 1. The third-order valence-corrected chi connectivity index (χ3v) is 4.91. The number of hydrogen-bond acceptors (Lipinski definition) is 4. The molecule has 1 atom stereocenters. The predicted molar refractivity (Wildman–Crippen MR) is 102 cm³/mol. The van der Waals surface area contributed by atoms with Gasteiger partial charge in [0.2, 0.25) is 0 Å². The van der Waals surface area contributed by atoms with E-state index < -0.39 is 5.76 Å². The van der Waals surface area contributed by atoms with Crippen LogP contribution in [-0.4, -0.2) is 29.7 Å². The van der Waals surface area contributed by atoms with Gasteiger partial charge in [-0.3, -0.25) is 9.36 Å². The smallest absolute Gasteiger partial charge is 0.408 e. The van der Waals surface area contributed by atoms with Gasteiger partial charge in [-0.2, -0.15) is 0 Å². The van der Waals surface area contributed by atoms with E-state index in [1.807, 2.05) is 31.2 Å². The molecule has 4 rings (SSSR count). The first-order chi connectivity index (χ1) is 13.1. The summed E-state index contributed by atoms with van der Waals surface area (Å²) in [6, 6.07) is 13.0. The molecule has 1 fully saturated rings. The number of nitrogens with zero attached hydrogens (tertiary/aromatic N) is 1. The predicted octanol–water partition coefficient (Wildman–Crippen LogP) is 2.86. The van der Waals surface area contributed by atoms with Crippen LogP contribution in [0.25, 0.3) is 11.1 Å². The molecule has 0 unspecified atom stereocenters. The van der Waals surface area contributed by atoms with Crippen molar-refractivity contribution in [3.8, 4) is 0 Å². The van der Waals surface area contributed by atoms with Gasteiger partial charge in [0, 0.05) is 18.7 Å². The zero-order valence-electron chi connectivity index (χ0n) is 15.2. The summed E-state index contributed by atoms with van der Waals surface area (Å²) in [5, 5.41) is 2.91. The zero-order valence-corrected chi connectivity index (χ0v) is 15.2. The second-order valence-corrected chi connectivity index (χ2v) is 6.97. The van der Waals surface area contributed by atoms with Crippen LogP contribution in [0, 0.1) is 6.92 Å². The number of oxazole rings is 1. The lowest BCUT2D eigenvalue weighted by molar-refractivity contribution is 0.0858. The number of hydrogen-bond donors (Lipinski definition) is 1. The third-order valence-electron chi connectivity index (χ3n) is 4.91. The molecule has 2 heterocycles. The summed E-state index contributed by atoms with van der Waals surface area (Å²) in [6.45, 7) is 3.67. The van der Waals surface area contributed by atoms with Crippen molar-refractivity contribution in [3.05, 3.63) is 69.7 Å². The highest BCUT2D eigenvalue weighted by Crippen LogP contribution is 2.17. The largest absolute Gasteiger partial charge is 0.420 e. The van der Waals surface area contributed by atoms with Crippen molar-refractivity contribution in [1.82, 2.24) is 9.88 Å². The molecule has 1 aliphatic rings. The molecule has 6 heteroatoms. The van der Waals surface area contributed by atoms with Gasteiger partial charge in [-0.1, -0.05) is 29.8 Å². The minimum atomic E-state index is -0.428. The quantitative estimate of drug-likeness (QED) is 0.754. The molecule has 1 aliphatic heterocycles. The van der Waals surface area contributed by atoms with Crippen molar-refractivity contribution in [3.63, 3.8) is 0 Å². The second-order valence-electron chi connectivity index (χ2n) is 6.97. The molecular weight excluding hydrogens is 344 g/mol. The van der Waals surface area contributed by atoms with Gasteiger partial charge in [0.1, 0.15) is 0 Å². The fraction of sp³-hybridized carbons (Fsp3) is 0.333. The summed E-state index contributed by atoms with van der Waals surface area (Å²) in [5.74, 6) is -0.606. The molecule has 2 aromatic carbocycles. The maximum absolute atomic E-state index is 12.5. The zero-order chi connectivity index (χ0) is 18.8. The van der Waals surface area contributed by atoms with Crippen molar-refractivity contribution >= 4 is 17.0 Å². The van der Waals surface area contributed by atoms with Gasteiger partial charge in [0.05, 0.1) is 18.2 Å². The highest BCUT2D eigenvalue weighted by molar-refractivity contribution is 5.97. The monoisotopic (exact) mass is 366 g/mol. The number of aromatic nitrogens is 1. The average molecular weight is 366 g/mol. The Bertz CT molecular complexity index is 1010. The van der Waals surface area contributed by atoms with Crippen molar-refractivity contribution in [1.29, 1.82) is 0 Å². The Morgan fingerprint density at radius 1 is 1.22 bits per heavy atom. The SMILES string of the molecule is Cc1ccc(Cn2c(=O)oc3ccc(C(=O)NC[C@H]4CCCO4)cc32)cc1. The number of fused-ring (bicyclic) bond motifs is 1. The Balaban J connectivity index is 1.57. The summed E-state index contributed by atoms with van der Waals surface area (Å²) >= 11 is 0. The van der Waals surface area contributed by atoms with Gasteiger partial charge in [-0.05, 0) is 43.5 Å². The first-order valence-corrected chi connectivity index (χ1v) is 9.19. The summed E-state index contributed by atoms with van der Waals surface area (Å²) < 4.78 is 12.4. The molecule has 0 bridgehead atoms. The Labute approximate surface area is 156 Å². The maximum Gasteiger partial charge on any atom is 0.420 e. The van der Waals surface area contributed by atoms with Crippen LogP contribution < -0.4 is 11.1 Å². The van der Waals surface area contributed by atoms with Crippen LogP contribution in [0.15, 0.2) is 51.7 Å². The molecule has 140 valence electrons. The van der Waals surface area contributed by atoms with Gasteiger partial charge in [-0.25, -0.2) is 4.79 Å². The number of nitrogens with one attached hydrogen (secondary N) is 1. The number of aryl methyl sites for hydroxylation is 1. The molecular formula is C21H22N2O4. The Kier molecular flexibility index (Phi) is 4.81. The first kappa shape index (κ1) is 17.5. The van der Waals surface area contributed by atoms with Crippen molar-refractivity contribution in [2.45, 2.75) is 32.4 Å². The minimum Gasteiger partial charge on any atom is -0.408 e. The van der Waals surface area contributed by atoms with Crippen LogP contribution in [0.3, 0.4) is 0 Å². The molecule has 27 heavy (non-hydrogen) atoms.